The Balaban J connectivity index is 2.38. The van der Waals surface area contributed by atoms with Crippen LogP contribution in [0.3, 0.4) is 0 Å². The van der Waals surface area contributed by atoms with E-state index in [0.29, 0.717) is 4.47 Å². The van der Waals surface area contributed by atoms with Gasteiger partial charge in [0, 0.05) is 8.95 Å². The first-order chi connectivity index (χ1) is 9.29. The first kappa shape index (κ1) is 15.9. The van der Waals surface area contributed by atoms with Crippen molar-refractivity contribution in [3.8, 4) is 0 Å². The standard InChI is InChI=1S/C12H7Br3FNO2S/c13-7-1-4-12(10(15)5-7)20(18,19)17-8-2-3-11(16)9(14)6-8/h1-6,17H. The van der Waals surface area contributed by atoms with Crippen LogP contribution in [0.4, 0.5) is 10.1 Å². The van der Waals surface area contributed by atoms with E-state index >= 15 is 0 Å². The summed E-state index contributed by atoms with van der Waals surface area (Å²) in [7, 11) is -3.75. The zero-order valence-electron chi connectivity index (χ0n) is 9.70. The van der Waals surface area contributed by atoms with Gasteiger partial charge >= 0.3 is 0 Å². The summed E-state index contributed by atoms with van der Waals surface area (Å²) in [5, 5.41) is 0. The van der Waals surface area contributed by atoms with Crippen molar-refractivity contribution in [3.05, 3.63) is 55.6 Å². The molecule has 0 radical (unpaired) electrons. The van der Waals surface area contributed by atoms with Gasteiger partial charge in [-0.15, -0.1) is 0 Å². The normalized spacial score (nSPS) is 11.4. The molecule has 2 aromatic carbocycles. The van der Waals surface area contributed by atoms with Crippen molar-refractivity contribution in [2.45, 2.75) is 4.90 Å². The van der Waals surface area contributed by atoms with E-state index in [1.807, 2.05) is 0 Å². The number of nitrogens with one attached hydrogen (secondary N) is 1. The monoisotopic (exact) mass is 485 g/mol. The van der Waals surface area contributed by atoms with Gasteiger partial charge in [-0.3, -0.25) is 4.72 Å². The lowest BCUT2D eigenvalue weighted by atomic mass is 10.3. The van der Waals surface area contributed by atoms with Crippen LogP contribution in [-0.2, 0) is 10.0 Å². The number of hydrogen-bond donors (Lipinski definition) is 1. The van der Waals surface area contributed by atoms with Crippen LogP contribution in [0.25, 0.3) is 0 Å². The lowest BCUT2D eigenvalue weighted by Crippen LogP contribution is -2.13. The number of benzene rings is 2. The second-order valence-electron chi connectivity index (χ2n) is 3.81. The summed E-state index contributed by atoms with van der Waals surface area (Å²) >= 11 is 9.47. The topological polar surface area (TPSA) is 46.2 Å². The molecule has 0 aliphatic heterocycles. The third-order valence-corrected chi connectivity index (χ3v) is 5.81. The minimum atomic E-state index is -3.75. The van der Waals surface area contributed by atoms with Crippen molar-refractivity contribution in [2.24, 2.45) is 0 Å². The van der Waals surface area contributed by atoms with Crippen LogP contribution >= 0.6 is 47.8 Å². The molecule has 0 heterocycles. The Kier molecular flexibility index (Phi) is 4.88. The first-order valence-corrected chi connectivity index (χ1v) is 9.09. The lowest BCUT2D eigenvalue weighted by Gasteiger charge is -2.10. The van der Waals surface area contributed by atoms with Crippen LogP contribution in [0.5, 0.6) is 0 Å². The van der Waals surface area contributed by atoms with Crippen LogP contribution in [0.15, 0.2) is 54.7 Å². The molecule has 0 aliphatic carbocycles. The third kappa shape index (κ3) is 3.60. The van der Waals surface area contributed by atoms with E-state index in [4.69, 9.17) is 0 Å². The Bertz CT molecular complexity index is 765. The van der Waals surface area contributed by atoms with Crippen molar-refractivity contribution < 1.29 is 12.8 Å². The SMILES string of the molecule is O=S(=O)(Nc1ccc(F)c(Br)c1)c1ccc(Br)cc1Br. The summed E-state index contributed by atoms with van der Waals surface area (Å²) in [6, 6.07) is 8.62. The number of rotatable bonds is 3. The second-order valence-corrected chi connectivity index (χ2v) is 8.08. The van der Waals surface area contributed by atoms with Gasteiger partial charge in [0.05, 0.1) is 10.2 Å². The Morgan fingerprint density at radius 2 is 1.65 bits per heavy atom. The molecule has 106 valence electrons. The van der Waals surface area contributed by atoms with Gasteiger partial charge in [-0.2, -0.15) is 0 Å². The second kappa shape index (κ2) is 6.13. The van der Waals surface area contributed by atoms with E-state index in [1.54, 1.807) is 12.1 Å². The Labute approximate surface area is 141 Å². The summed E-state index contributed by atoms with van der Waals surface area (Å²) in [6.07, 6.45) is 0. The molecular formula is C12H7Br3FNO2S. The number of halogens is 4. The molecule has 0 spiro atoms. The molecule has 0 amide bonds. The van der Waals surface area contributed by atoms with Crippen LogP contribution in [-0.4, -0.2) is 8.42 Å². The van der Waals surface area contributed by atoms with Crippen LogP contribution in [0.2, 0.25) is 0 Å². The molecule has 0 aromatic heterocycles. The zero-order valence-corrected chi connectivity index (χ0v) is 15.3. The van der Waals surface area contributed by atoms with E-state index < -0.39 is 15.8 Å². The highest BCUT2D eigenvalue weighted by Gasteiger charge is 2.18. The molecule has 8 heteroatoms. The van der Waals surface area contributed by atoms with Crippen molar-refractivity contribution in [2.75, 3.05) is 4.72 Å². The molecule has 20 heavy (non-hydrogen) atoms. The highest BCUT2D eigenvalue weighted by atomic mass is 79.9. The Morgan fingerprint density at radius 1 is 0.950 bits per heavy atom. The molecule has 0 bridgehead atoms. The largest absolute Gasteiger partial charge is 0.280 e. The van der Waals surface area contributed by atoms with E-state index in [0.717, 1.165) is 4.47 Å². The quantitative estimate of drug-likeness (QED) is 0.668. The molecule has 0 atom stereocenters. The smallest absolute Gasteiger partial charge is 0.263 e. The van der Waals surface area contributed by atoms with Crippen LogP contribution < -0.4 is 4.72 Å². The Morgan fingerprint density at radius 3 is 2.25 bits per heavy atom. The molecule has 2 aromatic rings. The molecular weight excluding hydrogens is 481 g/mol. The summed E-state index contributed by atoms with van der Waals surface area (Å²) < 4.78 is 41.4. The maximum atomic E-state index is 13.1. The third-order valence-electron chi connectivity index (χ3n) is 2.36. The first-order valence-electron chi connectivity index (χ1n) is 5.22. The fourth-order valence-electron chi connectivity index (χ4n) is 1.46. The van der Waals surface area contributed by atoms with Gasteiger partial charge in [0.1, 0.15) is 10.7 Å². The Hall–Kier alpha value is -0.440. The molecule has 3 nitrogen and oxygen atoms in total. The highest BCUT2D eigenvalue weighted by Crippen LogP contribution is 2.28. The van der Waals surface area contributed by atoms with Gasteiger partial charge in [0.15, 0.2) is 0 Å². The molecule has 0 saturated carbocycles. The zero-order chi connectivity index (χ0) is 14.9. The van der Waals surface area contributed by atoms with Gasteiger partial charge in [-0.1, -0.05) is 15.9 Å². The van der Waals surface area contributed by atoms with E-state index in [9.17, 15) is 12.8 Å². The van der Waals surface area contributed by atoms with Crippen molar-refractivity contribution in [1.82, 2.24) is 0 Å². The van der Waals surface area contributed by atoms with Crippen molar-refractivity contribution in [1.29, 1.82) is 0 Å². The van der Waals surface area contributed by atoms with Gasteiger partial charge in [-0.25, -0.2) is 12.8 Å². The number of sulfonamides is 1. The van der Waals surface area contributed by atoms with Crippen molar-refractivity contribution in [3.63, 3.8) is 0 Å². The molecule has 0 unspecified atom stereocenters. The predicted octanol–water partition coefficient (Wildman–Crippen LogP) is 4.91. The number of hydrogen-bond acceptors (Lipinski definition) is 2. The van der Waals surface area contributed by atoms with E-state index in [1.165, 1.54) is 24.3 Å². The summed E-state index contributed by atoms with van der Waals surface area (Å²) in [5.41, 5.74) is 0.271. The van der Waals surface area contributed by atoms with Gasteiger partial charge < -0.3 is 0 Å². The number of anilines is 1. The highest BCUT2D eigenvalue weighted by molar-refractivity contribution is 9.11. The fraction of sp³-hybridized carbons (Fsp3) is 0. The molecule has 0 saturated heterocycles. The van der Waals surface area contributed by atoms with E-state index in [-0.39, 0.29) is 15.1 Å². The van der Waals surface area contributed by atoms with Gasteiger partial charge in [-0.05, 0) is 68.3 Å². The predicted molar refractivity (Wildman–Crippen MR) is 86.8 cm³/mol. The minimum absolute atomic E-state index is 0.0983. The lowest BCUT2D eigenvalue weighted by molar-refractivity contribution is 0.600. The minimum Gasteiger partial charge on any atom is -0.280 e. The van der Waals surface area contributed by atoms with Crippen molar-refractivity contribution >= 4 is 63.5 Å². The van der Waals surface area contributed by atoms with Gasteiger partial charge in [0.25, 0.3) is 10.0 Å². The summed E-state index contributed by atoms with van der Waals surface area (Å²) in [6.45, 7) is 0. The molecule has 2 rings (SSSR count). The average molecular weight is 488 g/mol. The molecule has 1 N–H and O–H groups in total. The maximum Gasteiger partial charge on any atom is 0.263 e. The van der Waals surface area contributed by atoms with Gasteiger partial charge in [0.2, 0.25) is 0 Å². The van der Waals surface area contributed by atoms with E-state index in [2.05, 4.69) is 52.5 Å². The molecule has 0 fully saturated rings. The van der Waals surface area contributed by atoms with Crippen LogP contribution in [0.1, 0.15) is 0 Å². The molecule has 0 aliphatic rings. The summed E-state index contributed by atoms with van der Waals surface area (Å²) in [5.74, 6) is -0.460. The fourth-order valence-corrected chi connectivity index (χ4v) is 4.64. The average Bonchev–Trinajstić information content (AvgIpc) is 2.33. The van der Waals surface area contributed by atoms with Crippen LogP contribution in [0, 0.1) is 5.82 Å². The maximum absolute atomic E-state index is 13.1. The summed E-state index contributed by atoms with van der Waals surface area (Å²) in [4.78, 5) is 0.0983.